The van der Waals surface area contributed by atoms with Crippen molar-refractivity contribution in [2.75, 3.05) is 6.79 Å². The molecule has 2 aliphatic rings. The molecule has 36 heavy (non-hydrogen) atoms. The number of tetrazole rings is 1. The highest BCUT2D eigenvalue weighted by atomic mass is 16.7. The van der Waals surface area contributed by atoms with E-state index in [4.69, 9.17) is 9.47 Å². The van der Waals surface area contributed by atoms with Crippen molar-refractivity contribution in [1.82, 2.24) is 30.1 Å². The molecule has 9 nitrogen and oxygen atoms in total. The van der Waals surface area contributed by atoms with Crippen molar-refractivity contribution >= 4 is 10.9 Å². The summed E-state index contributed by atoms with van der Waals surface area (Å²) in [4.78, 5) is 18.3. The summed E-state index contributed by atoms with van der Waals surface area (Å²) in [6.45, 7) is 3.87. The number of hydrogen-bond donors (Lipinski definition) is 1. The third-order valence-electron chi connectivity index (χ3n) is 7.16. The minimum atomic E-state index is -0.0735. The van der Waals surface area contributed by atoms with Crippen LogP contribution in [0, 0.1) is 6.92 Å². The molecular weight excluding hydrogens is 456 g/mol. The van der Waals surface area contributed by atoms with Crippen molar-refractivity contribution in [3.8, 4) is 11.5 Å². The van der Waals surface area contributed by atoms with Gasteiger partial charge in [-0.25, -0.2) is 4.68 Å². The summed E-state index contributed by atoms with van der Waals surface area (Å²) in [7, 11) is 0. The van der Waals surface area contributed by atoms with E-state index in [1.165, 1.54) is 19.3 Å². The number of H-pyrrole nitrogens is 1. The van der Waals surface area contributed by atoms with Gasteiger partial charge in [0.15, 0.2) is 17.3 Å². The Bertz CT molecular complexity index is 1440. The Balaban J connectivity index is 1.31. The van der Waals surface area contributed by atoms with Gasteiger partial charge in [0, 0.05) is 24.2 Å². The number of hydrogen-bond acceptors (Lipinski definition) is 7. The molecule has 0 saturated heterocycles. The van der Waals surface area contributed by atoms with Crippen LogP contribution in [-0.4, -0.2) is 36.9 Å². The smallest absolute Gasteiger partial charge is 0.252 e. The second-order valence-electron chi connectivity index (χ2n) is 9.88. The SMILES string of the molecule is Cc1ccc2cc(CN(Cc3ccc4c(c3)OCO4)Cc3nnnn3C3CCCCC3)c(=O)[nH]c2c1. The quantitative estimate of drug-likeness (QED) is 0.417. The normalized spacial score (nSPS) is 15.7. The molecule has 1 fully saturated rings. The average molecular weight is 487 g/mol. The molecule has 0 unspecified atom stereocenters. The lowest BCUT2D eigenvalue weighted by Crippen LogP contribution is -2.29. The molecule has 9 heteroatoms. The number of ether oxygens (including phenoxy) is 2. The number of benzene rings is 2. The standard InChI is InChI=1S/C27H30N6O3/c1-18-7-9-20-13-21(27(34)28-23(20)11-18)15-32(14-19-8-10-24-25(12-19)36-17-35-24)16-26-29-30-31-33(26)22-5-3-2-4-6-22/h7-13,22H,2-6,14-17H2,1H3,(H,28,34). The van der Waals surface area contributed by atoms with E-state index in [1.54, 1.807) is 0 Å². The first-order valence-electron chi connectivity index (χ1n) is 12.6. The largest absolute Gasteiger partial charge is 0.454 e. The summed E-state index contributed by atoms with van der Waals surface area (Å²) in [5.74, 6) is 2.33. The molecule has 2 aromatic heterocycles. The van der Waals surface area contributed by atoms with Crippen molar-refractivity contribution in [2.24, 2.45) is 0 Å². The summed E-state index contributed by atoms with van der Waals surface area (Å²) in [6, 6.07) is 14.4. The zero-order chi connectivity index (χ0) is 24.5. The second kappa shape index (κ2) is 9.73. The van der Waals surface area contributed by atoms with Gasteiger partial charge >= 0.3 is 0 Å². The van der Waals surface area contributed by atoms with Crippen LogP contribution in [0.2, 0.25) is 0 Å². The first kappa shape index (κ1) is 22.7. The highest BCUT2D eigenvalue weighted by Crippen LogP contribution is 2.33. The lowest BCUT2D eigenvalue weighted by atomic mass is 9.95. The van der Waals surface area contributed by atoms with E-state index < -0.39 is 0 Å². The van der Waals surface area contributed by atoms with Gasteiger partial charge in [0.05, 0.1) is 12.6 Å². The Morgan fingerprint density at radius 3 is 2.75 bits per heavy atom. The van der Waals surface area contributed by atoms with Crippen molar-refractivity contribution in [1.29, 1.82) is 0 Å². The summed E-state index contributed by atoms with van der Waals surface area (Å²) < 4.78 is 13.1. The molecule has 1 saturated carbocycles. The molecule has 0 atom stereocenters. The van der Waals surface area contributed by atoms with Gasteiger partial charge in [0.1, 0.15) is 0 Å². The van der Waals surface area contributed by atoms with Gasteiger partial charge in [0.2, 0.25) is 6.79 Å². The zero-order valence-electron chi connectivity index (χ0n) is 20.4. The fourth-order valence-corrected chi connectivity index (χ4v) is 5.31. The molecule has 0 radical (unpaired) electrons. The molecule has 186 valence electrons. The Kier molecular flexibility index (Phi) is 6.14. The summed E-state index contributed by atoms with van der Waals surface area (Å²) in [5.41, 5.74) is 3.68. The number of fused-ring (bicyclic) bond motifs is 2. The molecule has 6 rings (SSSR count). The first-order valence-corrected chi connectivity index (χ1v) is 12.6. The van der Waals surface area contributed by atoms with Crippen LogP contribution in [0.3, 0.4) is 0 Å². The van der Waals surface area contributed by atoms with Gasteiger partial charge < -0.3 is 14.5 Å². The number of rotatable bonds is 7. The number of aromatic amines is 1. The first-order chi connectivity index (χ1) is 17.6. The minimum Gasteiger partial charge on any atom is -0.454 e. The third kappa shape index (κ3) is 4.70. The zero-order valence-corrected chi connectivity index (χ0v) is 20.4. The van der Waals surface area contributed by atoms with E-state index in [-0.39, 0.29) is 12.4 Å². The van der Waals surface area contributed by atoms with Gasteiger partial charge in [-0.2, -0.15) is 0 Å². The van der Waals surface area contributed by atoms with Crippen molar-refractivity contribution in [3.63, 3.8) is 0 Å². The lowest BCUT2D eigenvalue weighted by molar-refractivity contribution is 0.174. The van der Waals surface area contributed by atoms with Gasteiger partial charge in [-0.15, -0.1) is 5.10 Å². The third-order valence-corrected chi connectivity index (χ3v) is 7.16. The highest BCUT2D eigenvalue weighted by molar-refractivity contribution is 5.79. The van der Waals surface area contributed by atoms with Gasteiger partial charge in [-0.05, 0) is 71.0 Å². The Labute approximate surface area is 209 Å². The van der Waals surface area contributed by atoms with Crippen LogP contribution < -0.4 is 15.0 Å². The van der Waals surface area contributed by atoms with E-state index in [0.29, 0.717) is 31.2 Å². The van der Waals surface area contributed by atoms with E-state index >= 15 is 0 Å². The molecule has 1 N–H and O–H groups in total. The average Bonchev–Trinajstić information content (AvgIpc) is 3.54. The van der Waals surface area contributed by atoms with E-state index in [1.807, 2.05) is 41.9 Å². The van der Waals surface area contributed by atoms with Crippen LogP contribution in [0.1, 0.15) is 60.7 Å². The predicted octanol–water partition coefficient (Wildman–Crippen LogP) is 4.26. The molecule has 4 aromatic rings. The number of nitrogens with one attached hydrogen (secondary N) is 1. The fraction of sp³-hybridized carbons (Fsp3) is 0.407. The number of pyridine rings is 1. The summed E-state index contributed by atoms with van der Waals surface area (Å²) in [5, 5.41) is 13.8. The molecule has 3 heterocycles. The summed E-state index contributed by atoms with van der Waals surface area (Å²) >= 11 is 0. The van der Waals surface area contributed by atoms with Crippen LogP contribution >= 0.6 is 0 Å². The number of nitrogens with zero attached hydrogens (tertiary/aromatic N) is 5. The lowest BCUT2D eigenvalue weighted by Gasteiger charge is -2.25. The Morgan fingerprint density at radius 2 is 1.86 bits per heavy atom. The van der Waals surface area contributed by atoms with Crippen LogP contribution in [0.25, 0.3) is 10.9 Å². The molecule has 0 amide bonds. The van der Waals surface area contributed by atoms with E-state index in [9.17, 15) is 4.79 Å². The van der Waals surface area contributed by atoms with Gasteiger partial charge in [-0.3, -0.25) is 9.69 Å². The van der Waals surface area contributed by atoms with Crippen LogP contribution in [-0.2, 0) is 19.6 Å². The topological polar surface area (TPSA) is 98.2 Å². The van der Waals surface area contributed by atoms with Crippen molar-refractivity contribution < 1.29 is 9.47 Å². The highest BCUT2D eigenvalue weighted by Gasteiger charge is 2.23. The number of aryl methyl sites for hydroxylation is 1. The maximum atomic E-state index is 13.0. The minimum absolute atomic E-state index is 0.0735. The Hall–Kier alpha value is -3.72. The van der Waals surface area contributed by atoms with Crippen LogP contribution in [0.4, 0.5) is 0 Å². The molecule has 1 aliphatic carbocycles. The monoisotopic (exact) mass is 486 g/mol. The molecule has 2 aromatic carbocycles. The van der Waals surface area contributed by atoms with Crippen molar-refractivity contribution in [2.45, 2.75) is 64.7 Å². The van der Waals surface area contributed by atoms with Gasteiger partial charge in [-0.1, -0.05) is 37.5 Å². The second-order valence-corrected chi connectivity index (χ2v) is 9.88. The van der Waals surface area contributed by atoms with E-state index in [0.717, 1.165) is 52.2 Å². The van der Waals surface area contributed by atoms with Crippen LogP contribution in [0.5, 0.6) is 11.5 Å². The summed E-state index contributed by atoms with van der Waals surface area (Å²) in [6.07, 6.45) is 5.88. The molecule has 1 aliphatic heterocycles. The van der Waals surface area contributed by atoms with Crippen LogP contribution in [0.15, 0.2) is 47.3 Å². The Morgan fingerprint density at radius 1 is 1.00 bits per heavy atom. The maximum absolute atomic E-state index is 13.0. The molecule has 0 spiro atoms. The number of aromatic nitrogens is 5. The van der Waals surface area contributed by atoms with E-state index in [2.05, 4.69) is 37.5 Å². The van der Waals surface area contributed by atoms with Gasteiger partial charge in [0.25, 0.3) is 5.56 Å². The maximum Gasteiger partial charge on any atom is 0.252 e. The molecule has 0 bridgehead atoms. The van der Waals surface area contributed by atoms with Crippen molar-refractivity contribution in [3.05, 3.63) is 75.3 Å². The predicted molar refractivity (Wildman–Crippen MR) is 135 cm³/mol. The molecular formula is C27H30N6O3. The fourth-order valence-electron chi connectivity index (χ4n) is 5.31.